The second-order valence-electron chi connectivity index (χ2n) is 9.80. The van der Waals surface area contributed by atoms with Crippen LogP contribution >= 0.6 is 0 Å². The molecule has 40 heavy (non-hydrogen) atoms. The Morgan fingerprint density at radius 3 is 2.08 bits per heavy atom. The predicted molar refractivity (Wildman–Crippen MR) is 132 cm³/mol. The molecule has 3 aromatic rings. The van der Waals surface area contributed by atoms with Gasteiger partial charge in [-0.3, -0.25) is 4.79 Å². The zero-order chi connectivity index (χ0) is 29.0. The van der Waals surface area contributed by atoms with Gasteiger partial charge in [-0.15, -0.1) is 0 Å². The summed E-state index contributed by atoms with van der Waals surface area (Å²) in [6.45, 7) is -1.34. The monoisotopic (exact) mass is 564 g/mol. The van der Waals surface area contributed by atoms with Crippen LogP contribution in [0.4, 0.5) is 0 Å². The van der Waals surface area contributed by atoms with Crippen molar-refractivity contribution in [2.45, 2.75) is 54.9 Å². The molecule has 0 bridgehead atoms. The van der Waals surface area contributed by atoms with E-state index in [0.29, 0.717) is 5.56 Å². The molecular weight excluding hydrogens is 536 g/mol. The number of rotatable bonds is 4. The molecular formula is C26H28O14. The van der Waals surface area contributed by atoms with E-state index in [1.54, 1.807) is 0 Å². The molecule has 2 saturated heterocycles. The summed E-state index contributed by atoms with van der Waals surface area (Å²) in [5.41, 5.74) is -2.15. The molecule has 1 aromatic heterocycles. The lowest BCUT2D eigenvalue weighted by molar-refractivity contribution is -0.232. The summed E-state index contributed by atoms with van der Waals surface area (Å²) in [6, 6.07) is 6.50. The van der Waals surface area contributed by atoms with Gasteiger partial charge in [0.2, 0.25) is 0 Å². The first-order valence-corrected chi connectivity index (χ1v) is 12.3. The summed E-state index contributed by atoms with van der Waals surface area (Å²) < 4.78 is 16.9. The summed E-state index contributed by atoms with van der Waals surface area (Å²) in [4.78, 5) is 13.4. The van der Waals surface area contributed by atoms with Crippen LogP contribution in [0.1, 0.15) is 23.3 Å². The topological polar surface area (TPSA) is 251 Å². The first kappa shape index (κ1) is 28.2. The summed E-state index contributed by atoms with van der Waals surface area (Å²) in [5.74, 6) is -2.01. The van der Waals surface area contributed by atoms with Gasteiger partial charge < -0.3 is 65.0 Å². The van der Waals surface area contributed by atoms with Crippen molar-refractivity contribution in [2.75, 3.05) is 13.2 Å². The largest absolute Gasteiger partial charge is 0.508 e. The van der Waals surface area contributed by atoms with Crippen molar-refractivity contribution in [2.24, 2.45) is 0 Å². The van der Waals surface area contributed by atoms with Crippen LogP contribution in [-0.2, 0) is 9.47 Å². The number of phenols is 3. The molecule has 5 rings (SSSR count). The Balaban J connectivity index is 1.80. The van der Waals surface area contributed by atoms with Gasteiger partial charge in [-0.05, 0) is 24.3 Å². The number of hydrogen-bond acceptors (Lipinski definition) is 14. The van der Waals surface area contributed by atoms with Crippen LogP contribution in [0, 0.1) is 0 Å². The fourth-order valence-corrected chi connectivity index (χ4v) is 5.11. The summed E-state index contributed by atoms with van der Waals surface area (Å²) in [6.07, 6.45) is -15.7. The lowest BCUT2D eigenvalue weighted by atomic mass is 9.85. The summed E-state index contributed by atoms with van der Waals surface area (Å²) >= 11 is 0. The Bertz CT molecular complexity index is 1450. The molecule has 14 heteroatoms. The number of aliphatic hydroxyl groups is 7. The SMILES string of the molecule is O=c1cc(-c2ccc(O)cc2)oc2c([C@H]3OC[C@@H](O)[C@@H](O)[C@H]3O)c(O)c([C@@H]3O[C@@H](CO)[C@@H](O)[C@@H](O)[C@H]3O)c(O)c12. The summed E-state index contributed by atoms with van der Waals surface area (Å²) in [5, 5.41) is 104. The maximum absolute atomic E-state index is 13.4. The number of hydrogen-bond donors (Lipinski definition) is 10. The minimum Gasteiger partial charge on any atom is -0.508 e. The third-order valence-electron chi connectivity index (χ3n) is 7.31. The molecule has 9 atom stereocenters. The highest BCUT2D eigenvalue weighted by Gasteiger charge is 2.48. The average molecular weight is 564 g/mol. The van der Waals surface area contributed by atoms with Gasteiger partial charge in [0.05, 0.1) is 24.3 Å². The zero-order valence-electron chi connectivity index (χ0n) is 20.6. The lowest BCUT2D eigenvalue weighted by Crippen LogP contribution is -2.55. The van der Waals surface area contributed by atoms with Crippen molar-refractivity contribution in [3.63, 3.8) is 0 Å². The standard InChI is InChI=1S/C26H28O14/c27-6-13-18(32)21(35)23(37)26(40-13)15-19(33)14-10(29)5-12(8-1-3-9(28)4-2-8)39-24(14)16(20(15)34)25-22(36)17(31)11(30)7-38-25/h1-5,11,13,17-18,21-23,25-28,30-37H,6-7H2/t11-,13+,17-,18-,21-,22-,23-,25-,26+/m1/s1. The van der Waals surface area contributed by atoms with Crippen molar-refractivity contribution in [1.82, 2.24) is 0 Å². The molecule has 2 aliphatic heterocycles. The van der Waals surface area contributed by atoms with Gasteiger partial charge in [0.15, 0.2) is 11.0 Å². The summed E-state index contributed by atoms with van der Waals surface area (Å²) in [7, 11) is 0. The Hall–Kier alpha value is -3.31. The predicted octanol–water partition coefficient (Wildman–Crippen LogP) is -1.75. The average Bonchev–Trinajstić information content (AvgIpc) is 2.92. The Morgan fingerprint density at radius 2 is 1.43 bits per heavy atom. The Kier molecular flexibility index (Phi) is 7.47. The number of aliphatic hydroxyl groups excluding tert-OH is 7. The molecule has 3 heterocycles. The van der Waals surface area contributed by atoms with Gasteiger partial charge >= 0.3 is 0 Å². The highest BCUT2D eigenvalue weighted by Crippen LogP contribution is 2.50. The third-order valence-corrected chi connectivity index (χ3v) is 7.31. The van der Waals surface area contributed by atoms with Crippen LogP contribution in [0.5, 0.6) is 17.2 Å². The van der Waals surface area contributed by atoms with Crippen molar-refractivity contribution < 1.29 is 65.0 Å². The van der Waals surface area contributed by atoms with Crippen molar-refractivity contribution >= 4 is 11.0 Å². The second kappa shape index (κ2) is 10.6. The van der Waals surface area contributed by atoms with E-state index in [2.05, 4.69) is 0 Å². The quantitative estimate of drug-likeness (QED) is 0.169. The molecule has 2 aromatic carbocycles. The van der Waals surface area contributed by atoms with E-state index in [1.165, 1.54) is 24.3 Å². The fourth-order valence-electron chi connectivity index (χ4n) is 5.11. The maximum atomic E-state index is 13.4. The van der Waals surface area contributed by atoms with Gasteiger partial charge in [0.25, 0.3) is 0 Å². The van der Waals surface area contributed by atoms with E-state index in [1.807, 2.05) is 0 Å². The first-order chi connectivity index (χ1) is 19.0. The van der Waals surface area contributed by atoms with Crippen molar-refractivity contribution in [3.8, 4) is 28.6 Å². The smallest absolute Gasteiger partial charge is 0.197 e. The Labute approximate surface area is 224 Å². The molecule has 0 radical (unpaired) electrons. The molecule has 0 saturated carbocycles. The van der Waals surface area contributed by atoms with E-state index in [0.717, 1.165) is 6.07 Å². The van der Waals surface area contributed by atoms with Gasteiger partial charge in [-0.2, -0.15) is 0 Å². The normalized spacial score (nSPS) is 32.8. The van der Waals surface area contributed by atoms with E-state index in [9.17, 15) is 55.9 Å². The minimum atomic E-state index is -1.98. The van der Waals surface area contributed by atoms with Crippen LogP contribution in [0.2, 0.25) is 0 Å². The number of ether oxygens (including phenoxy) is 2. The van der Waals surface area contributed by atoms with Gasteiger partial charge in [-0.1, -0.05) is 0 Å². The molecule has 0 aliphatic carbocycles. The van der Waals surface area contributed by atoms with Crippen LogP contribution in [0.3, 0.4) is 0 Å². The number of phenolic OH excluding ortho intramolecular Hbond substituents is 3. The van der Waals surface area contributed by atoms with E-state index in [-0.39, 0.29) is 11.5 Å². The second-order valence-corrected chi connectivity index (χ2v) is 9.80. The highest BCUT2D eigenvalue weighted by atomic mass is 16.5. The maximum Gasteiger partial charge on any atom is 0.197 e. The lowest BCUT2D eigenvalue weighted by Gasteiger charge is -2.41. The third kappa shape index (κ3) is 4.49. The van der Waals surface area contributed by atoms with Gasteiger partial charge in [-0.25, -0.2) is 0 Å². The van der Waals surface area contributed by atoms with Crippen LogP contribution in [0.15, 0.2) is 39.5 Å². The van der Waals surface area contributed by atoms with Crippen LogP contribution in [0.25, 0.3) is 22.3 Å². The van der Waals surface area contributed by atoms with Crippen molar-refractivity contribution in [3.05, 3.63) is 51.7 Å². The van der Waals surface area contributed by atoms with Crippen LogP contribution in [-0.4, -0.2) is 107 Å². The molecule has 0 unspecified atom stereocenters. The minimum absolute atomic E-state index is 0.0710. The number of aromatic hydroxyl groups is 3. The van der Waals surface area contributed by atoms with E-state index < -0.39 is 107 Å². The molecule has 216 valence electrons. The van der Waals surface area contributed by atoms with E-state index >= 15 is 0 Å². The Morgan fingerprint density at radius 1 is 0.775 bits per heavy atom. The highest BCUT2D eigenvalue weighted by molar-refractivity contribution is 5.92. The van der Waals surface area contributed by atoms with Gasteiger partial charge in [0.1, 0.15) is 83.3 Å². The molecule has 2 fully saturated rings. The number of fused-ring (bicyclic) bond motifs is 1. The molecule has 14 nitrogen and oxygen atoms in total. The molecule has 0 amide bonds. The van der Waals surface area contributed by atoms with Crippen molar-refractivity contribution in [1.29, 1.82) is 0 Å². The van der Waals surface area contributed by atoms with E-state index in [4.69, 9.17) is 13.9 Å². The van der Waals surface area contributed by atoms with Crippen LogP contribution < -0.4 is 5.43 Å². The first-order valence-electron chi connectivity index (χ1n) is 12.3. The number of benzene rings is 2. The molecule has 2 aliphatic rings. The van der Waals surface area contributed by atoms with Gasteiger partial charge in [0, 0.05) is 11.6 Å². The zero-order valence-corrected chi connectivity index (χ0v) is 20.6. The molecule has 10 N–H and O–H groups in total. The fraction of sp³-hybridized carbons (Fsp3) is 0.423. The molecule has 0 spiro atoms.